The fourth-order valence-electron chi connectivity index (χ4n) is 3.57. The number of methoxy groups -OCH3 is 1. The first-order chi connectivity index (χ1) is 9.51. The highest BCUT2D eigenvalue weighted by atomic mass is 35.5. The number of hydrogen-bond donors (Lipinski definition) is 0. The van der Waals surface area contributed by atoms with E-state index in [0.29, 0.717) is 5.92 Å². The van der Waals surface area contributed by atoms with Crippen LogP contribution in [0.5, 0.6) is 0 Å². The van der Waals surface area contributed by atoms with Crippen molar-refractivity contribution >= 4 is 31.3 Å². The minimum atomic E-state index is -1.33. The van der Waals surface area contributed by atoms with E-state index < -0.39 is 8.07 Å². The Morgan fingerprint density at radius 1 is 1.30 bits per heavy atom. The van der Waals surface area contributed by atoms with Crippen molar-refractivity contribution in [2.75, 3.05) is 12.6 Å². The van der Waals surface area contributed by atoms with Crippen molar-refractivity contribution in [3.8, 4) is 0 Å². The van der Waals surface area contributed by atoms with Crippen LogP contribution in [-0.4, -0.2) is 44.4 Å². The summed E-state index contributed by atoms with van der Waals surface area (Å²) >= 11 is 6.32. The van der Waals surface area contributed by atoms with Crippen LogP contribution in [0.15, 0.2) is 9.98 Å². The Labute approximate surface area is 128 Å². The van der Waals surface area contributed by atoms with E-state index in [1.165, 1.54) is 24.9 Å². The number of hydrogen-bond acceptors (Lipinski definition) is 3. The molecule has 0 bridgehead atoms. The van der Waals surface area contributed by atoms with Crippen molar-refractivity contribution in [1.82, 2.24) is 0 Å². The molecule has 2 aliphatic heterocycles. The predicted octanol–water partition coefficient (Wildman–Crippen LogP) is 3.92. The van der Waals surface area contributed by atoms with Gasteiger partial charge >= 0.3 is 0 Å². The molecule has 2 heterocycles. The van der Waals surface area contributed by atoms with Crippen molar-refractivity contribution in [3.05, 3.63) is 0 Å². The molecule has 20 heavy (non-hydrogen) atoms. The summed E-state index contributed by atoms with van der Waals surface area (Å²) in [5, 5.41) is 0. The second-order valence-corrected chi connectivity index (χ2v) is 12.2. The number of aliphatic imine (C=N–C) groups is 2. The van der Waals surface area contributed by atoms with Crippen LogP contribution >= 0.6 is 11.6 Å². The van der Waals surface area contributed by atoms with Crippen molar-refractivity contribution in [1.29, 1.82) is 0 Å². The zero-order valence-corrected chi connectivity index (χ0v) is 14.9. The van der Waals surface area contributed by atoms with Gasteiger partial charge in [0, 0.05) is 11.2 Å². The molecule has 114 valence electrons. The lowest BCUT2D eigenvalue weighted by molar-refractivity contribution is 0.373. The van der Waals surface area contributed by atoms with Crippen LogP contribution in [0.2, 0.25) is 18.1 Å². The van der Waals surface area contributed by atoms with Crippen LogP contribution in [0.4, 0.5) is 0 Å². The molecule has 0 aromatic carbocycles. The van der Waals surface area contributed by atoms with Crippen molar-refractivity contribution < 1.29 is 4.74 Å². The minimum Gasteiger partial charge on any atom is -0.483 e. The highest BCUT2D eigenvalue weighted by Gasteiger charge is 2.40. The third kappa shape index (κ3) is 3.27. The smallest absolute Gasteiger partial charge is 0.208 e. The minimum absolute atomic E-state index is 0.124. The Bertz CT molecular complexity index is 403. The molecule has 0 saturated carbocycles. The first kappa shape index (κ1) is 16.0. The molecule has 0 unspecified atom stereocenters. The molecule has 0 aromatic heterocycles. The van der Waals surface area contributed by atoms with E-state index in [0.717, 1.165) is 23.2 Å². The van der Waals surface area contributed by atoms with Gasteiger partial charge in [-0.25, -0.2) is 4.99 Å². The Morgan fingerprint density at radius 2 is 1.95 bits per heavy atom. The lowest BCUT2D eigenvalue weighted by Gasteiger charge is -2.32. The van der Waals surface area contributed by atoms with Crippen LogP contribution < -0.4 is 0 Å². The summed E-state index contributed by atoms with van der Waals surface area (Å²) in [5.74, 6) is 1.30. The van der Waals surface area contributed by atoms with Gasteiger partial charge in [-0.1, -0.05) is 38.8 Å². The van der Waals surface area contributed by atoms with Crippen LogP contribution in [0, 0.1) is 5.92 Å². The van der Waals surface area contributed by atoms with E-state index in [2.05, 4.69) is 20.8 Å². The molecule has 1 fully saturated rings. The SMILES string of the molecule is COC1=N[C@H](C(C)C)C(C)=N[C@H]1C[Si]1(CCl)CCCC1. The van der Waals surface area contributed by atoms with Gasteiger partial charge in [-0.2, -0.15) is 0 Å². The van der Waals surface area contributed by atoms with E-state index in [4.69, 9.17) is 26.3 Å². The van der Waals surface area contributed by atoms with Gasteiger partial charge in [0.15, 0.2) is 0 Å². The van der Waals surface area contributed by atoms with Gasteiger partial charge in [0.25, 0.3) is 0 Å². The highest BCUT2D eigenvalue weighted by Crippen LogP contribution is 2.37. The Hall–Kier alpha value is -0.353. The fourth-order valence-corrected chi connectivity index (χ4v) is 8.82. The molecule has 2 aliphatic rings. The lowest BCUT2D eigenvalue weighted by atomic mass is 9.99. The van der Waals surface area contributed by atoms with Crippen molar-refractivity contribution in [2.45, 2.75) is 63.8 Å². The summed E-state index contributed by atoms with van der Waals surface area (Å²) in [7, 11) is 0.392. The summed E-state index contributed by atoms with van der Waals surface area (Å²) in [6.45, 7) is 6.48. The van der Waals surface area contributed by atoms with Gasteiger partial charge in [0.1, 0.15) is 6.04 Å². The number of ether oxygens (including phenoxy) is 1. The van der Waals surface area contributed by atoms with E-state index >= 15 is 0 Å². The lowest BCUT2D eigenvalue weighted by Crippen LogP contribution is -2.43. The summed E-state index contributed by atoms with van der Waals surface area (Å²) in [4.78, 5) is 9.74. The number of rotatable bonds is 4. The van der Waals surface area contributed by atoms with Crippen LogP contribution in [-0.2, 0) is 4.74 Å². The maximum atomic E-state index is 6.32. The predicted molar refractivity (Wildman–Crippen MR) is 90.1 cm³/mol. The topological polar surface area (TPSA) is 34.0 Å². The Morgan fingerprint density at radius 3 is 2.45 bits per heavy atom. The molecule has 2 atom stereocenters. The number of halogens is 1. The molecule has 3 nitrogen and oxygen atoms in total. The van der Waals surface area contributed by atoms with Gasteiger partial charge in [-0.15, -0.1) is 11.6 Å². The van der Waals surface area contributed by atoms with Crippen molar-refractivity contribution in [3.63, 3.8) is 0 Å². The van der Waals surface area contributed by atoms with Crippen molar-refractivity contribution in [2.24, 2.45) is 15.9 Å². The zero-order chi connectivity index (χ0) is 14.8. The monoisotopic (exact) mass is 314 g/mol. The molecule has 0 spiro atoms. The third-order valence-electron chi connectivity index (χ3n) is 4.75. The van der Waals surface area contributed by atoms with E-state index in [9.17, 15) is 0 Å². The zero-order valence-electron chi connectivity index (χ0n) is 13.2. The van der Waals surface area contributed by atoms with Crippen LogP contribution in [0.3, 0.4) is 0 Å². The normalized spacial score (nSPS) is 29.3. The van der Waals surface area contributed by atoms with Crippen LogP contribution in [0.1, 0.15) is 33.6 Å². The Kier molecular flexibility index (Phi) is 5.29. The summed E-state index contributed by atoms with van der Waals surface area (Å²) < 4.78 is 5.55. The molecule has 1 saturated heterocycles. The van der Waals surface area contributed by atoms with Gasteiger partial charge in [0.05, 0.1) is 21.2 Å². The van der Waals surface area contributed by atoms with Gasteiger partial charge in [-0.05, 0) is 18.9 Å². The van der Waals surface area contributed by atoms with Gasteiger partial charge < -0.3 is 4.74 Å². The van der Waals surface area contributed by atoms with E-state index in [1.54, 1.807) is 7.11 Å². The molecule has 0 aromatic rings. The second kappa shape index (κ2) is 6.61. The molecule has 5 heteroatoms. The second-order valence-electron chi connectivity index (χ2n) is 6.69. The number of alkyl halides is 1. The van der Waals surface area contributed by atoms with Gasteiger partial charge in [0.2, 0.25) is 5.90 Å². The molecule has 2 rings (SSSR count). The number of nitrogens with zero attached hydrogens (tertiary/aromatic N) is 2. The first-order valence-corrected chi connectivity index (χ1v) is 11.1. The maximum absolute atomic E-state index is 6.32. The average Bonchev–Trinajstić information content (AvgIpc) is 2.88. The third-order valence-corrected chi connectivity index (χ3v) is 11.1. The molecule has 0 aliphatic carbocycles. The fraction of sp³-hybridized carbons (Fsp3) is 0.867. The quantitative estimate of drug-likeness (QED) is 0.572. The molecule has 0 radical (unpaired) electrons. The summed E-state index contributed by atoms with van der Waals surface area (Å²) in [6.07, 6.45) is 2.70. The molecule has 0 amide bonds. The van der Waals surface area contributed by atoms with E-state index in [-0.39, 0.29) is 12.1 Å². The molecular formula is C15H27ClN2OSi. The summed E-state index contributed by atoms with van der Waals surface area (Å²) in [6, 6.07) is 4.13. The highest BCUT2D eigenvalue weighted by molar-refractivity contribution is 6.86. The maximum Gasteiger partial charge on any atom is 0.208 e. The largest absolute Gasteiger partial charge is 0.483 e. The molecular weight excluding hydrogens is 288 g/mol. The van der Waals surface area contributed by atoms with Gasteiger partial charge in [-0.3, -0.25) is 4.99 Å². The first-order valence-electron chi connectivity index (χ1n) is 7.73. The standard InChI is InChI=1S/C15H27ClN2OSi/c1-11(2)14-12(3)17-13(15(18-14)19-4)9-20(10-16)7-5-6-8-20/h11,13-14H,5-10H2,1-4H3/t13-,14+/m0/s1. The van der Waals surface area contributed by atoms with E-state index in [1.807, 2.05) is 0 Å². The summed E-state index contributed by atoms with van der Waals surface area (Å²) in [5.41, 5.74) is 2.02. The van der Waals surface area contributed by atoms with Crippen LogP contribution in [0.25, 0.3) is 0 Å². The molecule has 0 N–H and O–H groups in total. The Balaban J connectivity index is 2.17. The average molecular weight is 315 g/mol.